The van der Waals surface area contributed by atoms with E-state index in [-0.39, 0.29) is 22.9 Å². The summed E-state index contributed by atoms with van der Waals surface area (Å²) in [5, 5.41) is 4.86. The fourth-order valence-electron chi connectivity index (χ4n) is 4.46. The average Bonchev–Trinajstić information content (AvgIpc) is 3.45. The lowest BCUT2D eigenvalue weighted by molar-refractivity contribution is -0.136. The van der Waals surface area contributed by atoms with E-state index in [1.165, 1.54) is 18.5 Å². The van der Waals surface area contributed by atoms with Gasteiger partial charge in [-0.2, -0.15) is 18.3 Å². The van der Waals surface area contributed by atoms with Gasteiger partial charge in [-0.1, -0.05) is 12.1 Å². The Morgan fingerprint density at radius 2 is 1.94 bits per heavy atom. The molecule has 5 aromatic rings. The van der Waals surface area contributed by atoms with Crippen molar-refractivity contribution in [1.29, 1.82) is 0 Å². The largest absolute Gasteiger partial charge is 0.418 e. The topological polar surface area (TPSA) is 109 Å². The molecule has 4 heterocycles. The highest BCUT2D eigenvalue weighted by Gasteiger charge is 2.42. The van der Waals surface area contributed by atoms with E-state index in [2.05, 4.69) is 25.0 Å². The fraction of sp³-hybridized carbons (Fsp3) is 0.174. The van der Waals surface area contributed by atoms with Crippen LogP contribution in [0, 0.1) is 0 Å². The van der Waals surface area contributed by atoms with Crippen molar-refractivity contribution in [3.63, 3.8) is 0 Å². The number of hydrogen-bond donors (Lipinski definition) is 2. The van der Waals surface area contributed by atoms with Crippen LogP contribution in [0.1, 0.15) is 34.9 Å². The van der Waals surface area contributed by atoms with Crippen LogP contribution in [0.15, 0.2) is 64.7 Å². The number of H-pyrrole nitrogens is 2. The molecule has 1 fully saturated rings. The van der Waals surface area contributed by atoms with Gasteiger partial charge >= 0.3 is 11.9 Å². The first kappa shape index (κ1) is 20.3. The summed E-state index contributed by atoms with van der Waals surface area (Å²) < 4.78 is 41.5. The monoisotopic (exact) mass is 464 g/mol. The quantitative estimate of drug-likeness (QED) is 0.424. The van der Waals surface area contributed by atoms with Crippen LogP contribution >= 0.6 is 0 Å². The van der Waals surface area contributed by atoms with E-state index in [1.54, 1.807) is 35.1 Å². The number of benzene rings is 1. The molecular formula is C23H15F3N6O2. The zero-order valence-corrected chi connectivity index (χ0v) is 17.3. The van der Waals surface area contributed by atoms with Crippen LogP contribution in [0.4, 0.5) is 13.2 Å². The van der Waals surface area contributed by atoms with Gasteiger partial charge in [0.2, 0.25) is 0 Å². The van der Waals surface area contributed by atoms with Crippen molar-refractivity contribution >= 4 is 16.6 Å². The highest BCUT2D eigenvalue weighted by molar-refractivity contribution is 5.83. The first-order valence-electron chi connectivity index (χ1n) is 10.4. The molecule has 0 saturated heterocycles. The van der Waals surface area contributed by atoms with Gasteiger partial charge in [-0.15, -0.1) is 0 Å². The summed E-state index contributed by atoms with van der Waals surface area (Å²) in [5.74, 6) is 0.0644. The van der Waals surface area contributed by atoms with Crippen LogP contribution in [0.5, 0.6) is 0 Å². The van der Waals surface area contributed by atoms with Gasteiger partial charge in [-0.05, 0) is 42.0 Å². The number of para-hydroxylation sites is 1. The van der Waals surface area contributed by atoms with Crippen molar-refractivity contribution in [3.8, 4) is 11.3 Å². The molecule has 11 heteroatoms. The SMILES string of the molecule is O=c1[nH]cc(-c2cc(C3CC3c3cnc4c(C(F)(F)F)cccc4c3)c3nccn3n2)c(=O)[nH]1. The van der Waals surface area contributed by atoms with E-state index < -0.39 is 23.0 Å². The Kier molecular flexibility index (Phi) is 4.25. The van der Waals surface area contributed by atoms with Gasteiger partial charge in [0.1, 0.15) is 0 Å². The van der Waals surface area contributed by atoms with Gasteiger partial charge in [0.05, 0.1) is 22.3 Å². The highest BCUT2D eigenvalue weighted by atomic mass is 19.4. The molecule has 1 saturated carbocycles. The van der Waals surface area contributed by atoms with E-state index in [0.717, 1.165) is 23.6 Å². The maximum Gasteiger partial charge on any atom is 0.418 e. The minimum atomic E-state index is -4.48. The van der Waals surface area contributed by atoms with Crippen LogP contribution in [0.2, 0.25) is 0 Å². The van der Waals surface area contributed by atoms with E-state index in [4.69, 9.17) is 0 Å². The number of fused-ring (bicyclic) bond motifs is 2. The Morgan fingerprint density at radius 3 is 2.74 bits per heavy atom. The number of halogens is 3. The molecule has 2 unspecified atom stereocenters. The summed E-state index contributed by atoms with van der Waals surface area (Å²) in [6.45, 7) is 0. The average molecular weight is 464 g/mol. The second kappa shape index (κ2) is 7.11. The summed E-state index contributed by atoms with van der Waals surface area (Å²) in [5.41, 5.74) is 0.895. The predicted octanol–water partition coefficient (Wildman–Crippen LogP) is 3.61. The number of nitrogens with one attached hydrogen (secondary N) is 2. The maximum atomic E-state index is 13.3. The highest BCUT2D eigenvalue weighted by Crippen LogP contribution is 2.55. The van der Waals surface area contributed by atoms with E-state index >= 15 is 0 Å². The molecule has 0 amide bonds. The minimum Gasteiger partial charge on any atom is -0.313 e. The molecule has 4 aromatic heterocycles. The number of pyridine rings is 1. The minimum absolute atomic E-state index is 0.0264. The molecule has 0 radical (unpaired) electrons. The standard InChI is InChI=1S/C23H15F3N6O2/c24-23(25,26)17-3-1-2-11-6-12(9-28-19(11)17)13-7-14(13)15-8-18(31-32-5-4-27-20(15)32)16-10-29-22(34)30-21(16)33/h1-6,8-10,13-14H,7H2,(H2,29,30,33,34). The third-order valence-corrected chi connectivity index (χ3v) is 6.14. The van der Waals surface area contributed by atoms with E-state index in [0.29, 0.717) is 16.7 Å². The summed E-state index contributed by atoms with van der Waals surface area (Å²) in [6.07, 6.45) is 2.34. The number of rotatable bonds is 3. The molecule has 8 nitrogen and oxygen atoms in total. The molecule has 2 N–H and O–H groups in total. The fourth-order valence-corrected chi connectivity index (χ4v) is 4.46. The summed E-state index contributed by atoms with van der Waals surface area (Å²) in [6, 6.07) is 7.55. The van der Waals surface area contributed by atoms with Crippen LogP contribution in [-0.4, -0.2) is 29.5 Å². The van der Waals surface area contributed by atoms with Crippen molar-refractivity contribution < 1.29 is 13.2 Å². The lowest BCUT2D eigenvalue weighted by atomic mass is 10.0. The van der Waals surface area contributed by atoms with E-state index in [1.807, 2.05) is 0 Å². The van der Waals surface area contributed by atoms with Crippen molar-refractivity contribution in [2.24, 2.45) is 0 Å². The third kappa shape index (κ3) is 3.28. The molecular weight excluding hydrogens is 449 g/mol. The number of aromatic nitrogens is 6. The first-order valence-corrected chi connectivity index (χ1v) is 10.4. The predicted molar refractivity (Wildman–Crippen MR) is 117 cm³/mol. The Bertz CT molecular complexity index is 1700. The molecule has 0 spiro atoms. The Hall–Kier alpha value is -4.28. The first-order chi connectivity index (χ1) is 16.3. The van der Waals surface area contributed by atoms with Crippen LogP contribution in [0.25, 0.3) is 27.8 Å². The lowest BCUT2D eigenvalue weighted by Crippen LogP contribution is -2.23. The molecule has 6 rings (SSSR count). The van der Waals surface area contributed by atoms with Crippen molar-refractivity contribution in [2.45, 2.75) is 24.4 Å². The van der Waals surface area contributed by atoms with E-state index in [9.17, 15) is 22.8 Å². The van der Waals surface area contributed by atoms with Gasteiger partial charge in [-0.25, -0.2) is 14.3 Å². The number of alkyl halides is 3. The van der Waals surface area contributed by atoms with Gasteiger partial charge in [0.15, 0.2) is 5.65 Å². The zero-order chi connectivity index (χ0) is 23.6. The lowest BCUT2D eigenvalue weighted by Gasteiger charge is -2.11. The van der Waals surface area contributed by atoms with Gasteiger partial charge in [0.25, 0.3) is 5.56 Å². The molecule has 0 aliphatic heterocycles. The molecule has 2 atom stereocenters. The van der Waals surface area contributed by atoms with Crippen molar-refractivity contribution in [2.75, 3.05) is 0 Å². The second-order valence-electron chi connectivity index (χ2n) is 8.26. The molecule has 1 aromatic carbocycles. The summed E-state index contributed by atoms with van der Waals surface area (Å²) in [4.78, 5) is 36.8. The zero-order valence-electron chi connectivity index (χ0n) is 17.3. The summed E-state index contributed by atoms with van der Waals surface area (Å²) in [7, 11) is 0. The third-order valence-electron chi connectivity index (χ3n) is 6.14. The Balaban J connectivity index is 1.41. The normalized spacial score (nSPS) is 18.0. The molecule has 170 valence electrons. The van der Waals surface area contributed by atoms with Gasteiger partial charge in [0, 0.05) is 35.7 Å². The van der Waals surface area contributed by atoms with Crippen LogP contribution in [-0.2, 0) is 6.18 Å². The smallest absolute Gasteiger partial charge is 0.313 e. The van der Waals surface area contributed by atoms with Crippen molar-refractivity contribution in [3.05, 3.63) is 92.6 Å². The van der Waals surface area contributed by atoms with Crippen LogP contribution < -0.4 is 11.2 Å². The molecule has 34 heavy (non-hydrogen) atoms. The molecule has 1 aliphatic rings. The van der Waals surface area contributed by atoms with Gasteiger partial charge < -0.3 is 4.98 Å². The Labute approximate surface area is 188 Å². The number of nitrogens with zero attached hydrogens (tertiary/aromatic N) is 4. The number of hydrogen-bond acceptors (Lipinski definition) is 5. The number of imidazole rings is 1. The summed E-state index contributed by atoms with van der Waals surface area (Å²) >= 11 is 0. The second-order valence-corrected chi connectivity index (χ2v) is 8.26. The molecule has 1 aliphatic carbocycles. The molecule has 0 bridgehead atoms. The maximum absolute atomic E-state index is 13.3. The number of aromatic amines is 2. The van der Waals surface area contributed by atoms with Gasteiger partial charge in [-0.3, -0.25) is 14.8 Å². The van der Waals surface area contributed by atoms with Crippen molar-refractivity contribution in [1.82, 2.24) is 29.5 Å². The van der Waals surface area contributed by atoms with Crippen LogP contribution in [0.3, 0.4) is 0 Å². The Morgan fingerprint density at radius 1 is 1.09 bits per heavy atom.